The van der Waals surface area contributed by atoms with Gasteiger partial charge >= 0.3 is 0 Å². The van der Waals surface area contributed by atoms with Gasteiger partial charge in [0.15, 0.2) is 0 Å². The van der Waals surface area contributed by atoms with E-state index in [9.17, 15) is 0 Å². The summed E-state index contributed by atoms with van der Waals surface area (Å²) in [5.41, 5.74) is -3.00. The molecule has 0 spiro atoms. The summed E-state index contributed by atoms with van der Waals surface area (Å²) < 4.78 is 0. The molecule has 0 amide bonds. The maximum absolute atomic E-state index is 8.52. The number of rotatable bonds is 0. The van der Waals surface area contributed by atoms with Crippen molar-refractivity contribution in [2.45, 2.75) is 158 Å². The number of hydrogen-bond acceptors (Lipinski definition) is 6. The Labute approximate surface area is 209 Å². The molecule has 6 N–H and O–H groups in total. The third-order valence-electron chi connectivity index (χ3n) is 0. The van der Waals surface area contributed by atoms with E-state index in [1.54, 1.807) is 125 Å². The van der Waals surface area contributed by atoms with Crippen molar-refractivity contribution in [2.24, 2.45) is 0 Å². The molecule has 0 fully saturated rings. The normalized spacial score (nSPS) is 11.6. The van der Waals surface area contributed by atoms with Gasteiger partial charge in [0, 0.05) is 21.1 Å². The van der Waals surface area contributed by atoms with E-state index in [1.807, 2.05) is 0 Å². The molecule has 0 radical (unpaired) electrons. The molecule has 0 aromatic rings. The minimum atomic E-state index is -0.500. The number of aliphatic hydroxyl groups is 6. The van der Waals surface area contributed by atoms with Crippen LogP contribution in [0.4, 0.5) is 0 Å². The fourth-order valence-electron chi connectivity index (χ4n) is 0. The molecule has 0 aromatic heterocycles. The first-order valence-corrected chi connectivity index (χ1v) is 10.3. The molecule has 0 aliphatic heterocycles. The van der Waals surface area contributed by atoms with Gasteiger partial charge in [0.05, 0.1) is 33.6 Å². The molecule has 198 valence electrons. The Morgan fingerprint density at radius 2 is 0.226 bits per heavy atom. The summed E-state index contributed by atoms with van der Waals surface area (Å²) in [4.78, 5) is 0. The van der Waals surface area contributed by atoms with Crippen molar-refractivity contribution in [3.63, 3.8) is 0 Å². The van der Waals surface area contributed by atoms with Crippen LogP contribution >= 0.6 is 0 Å². The van der Waals surface area contributed by atoms with Crippen LogP contribution in [0.25, 0.3) is 0 Å². The van der Waals surface area contributed by atoms with Crippen molar-refractivity contribution >= 4 is 0 Å². The Hall–Kier alpha value is 0.448. The molecule has 31 heavy (non-hydrogen) atoms. The standard InChI is InChI=1S/6C4H10O.W/c6*1-4(2,3)5;/h6*5H,1-3H3;. The minimum Gasteiger partial charge on any atom is -0.391 e. The van der Waals surface area contributed by atoms with Crippen molar-refractivity contribution in [1.82, 2.24) is 0 Å². The molecular weight excluding hydrogens is 568 g/mol. The smallest absolute Gasteiger partial charge is 0.0563 e. The Morgan fingerprint density at radius 1 is 0.226 bits per heavy atom. The fraction of sp³-hybridized carbons (Fsp3) is 1.00. The monoisotopic (exact) mass is 628 g/mol. The predicted octanol–water partition coefficient (Wildman–Crippen LogP) is 4.66. The van der Waals surface area contributed by atoms with Crippen LogP contribution in [0.3, 0.4) is 0 Å². The summed E-state index contributed by atoms with van der Waals surface area (Å²) in [7, 11) is 0. The van der Waals surface area contributed by atoms with E-state index in [1.165, 1.54) is 0 Å². The van der Waals surface area contributed by atoms with E-state index in [0.29, 0.717) is 0 Å². The topological polar surface area (TPSA) is 121 Å². The Bertz CT molecular complexity index is 214. The minimum absolute atomic E-state index is 0. The molecule has 6 nitrogen and oxygen atoms in total. The maximum Gasteiger partial charge on any atom is 0.0563 e. The summed E-state index contributed by atoms with van der Waals surface area (Å²) in [6.45, 7) is 31.4. The van der Waals surface area contributed by atoms with Gasteiger partial charge in [-0.15, -0.1) is 0 Å². The first-order chi connectivity index (χ1) is 12.0. The van der Waals surface area contributed by atoms with Gasteiger partial charge in [-0.3, -0.25) is 0 Å². The molecule has 0 aliphatic rings. The summed E-state index contributed by atoms with van der Waals surface area (Å²) >= 11 is 0. The Kier molecular flexibility index (Phi) is 31.3. The molecule has 0 heterocycles. The molecule has 0 bridgehead atoms. The Morgan fingerprint density at radius 3 is 0.226 bits per heavy atom. The first-order valence-electron chi connectivity index (χ1n) is 10.3. The third kappa shape index (κ3) is 123000. The second kappa shape index (κ2) is 19.9. The summed E-state index contributed by atoms with van der Waals surface area (Å²) in [6, 6.07) is 0. The van der Waals surface area contributed by atoms with Crippen LogP contribution in [0.15, 0.2) is 0 Å². The quantitative estimate of drug-likeness (QED) is 0.232. The molecule has 0 saturated carbocycles. The van der Waals surface area contributed by atoms with Crippen LogP contribution in [0.1, 0.15) is 125 Å². The van der Waals surface area contributed by atoms with Crippen LogP contribution in [0, 0.1) is 0 Å². The van der Waals surface area contributed by atoms with E-state index in [2.05, 4.69) is 0 Å². The maximum atomic E-state index is 8.52. The van der Waals surface area contributed by atoms with Crippen molar-refractivity contribution in [1.29, 1.82) is 0 Å². The van der Waals surface area contributed by atoms with Crippen LogP contribution in [0.2, 0.25) is 0 Å². The molecule has 0 aliphatic carbocycles. The predicted molar refractivity (Wildman–Crippen MR) is 132 cm³/mol. The third-order valence-corrected chi connectivity index (χ3v) is 0. The average Bonchev–Trinajstić information content (AvgIpc) is 1.94. The Balaban J connectivity index is -0.0000000443. The van der Waals surface area contributed by atoms with Gasteiger partial charge in [0.25, 0.3) is 0 Å². The zero-order chi connectivity index (χ0) is 27.0. The van der Waals surface area contributed by atoms with Gasteiger partial charge < -0.3 is 30.6 Å². The van der Waals surface area contributed by atoms with Gasteiger partial charge in [-0.1, -0.05) is 0 Å². The summed E-state index contributed by atoms with van der Waals surface area (Å²) in [5, 5.41) is 51.1. The largest absolute Gasteiger partial charge is 0.391 e. The van der Waals surface area contributed by atoms with Crippen molar-refractivity contribution < 1.29 is 51.7 Å². The van der Waals surface area contributed by atoms with Gasteiger partial charge in [0.2, 0.25) is 0 Å². The van der Waals surface area contributed by atoms with E-state index in [0.717, 1.165) is 0 Å². The molecular formula is C24H60O6W. The van der Waals surface area contributed by atoms with Crippen molar-refractivity contribution in [3.05, 3.63) is 0 Å². The second-order valence-corrected chi connectivity index (χ2v) is 13.0. The molecule has 0 aromatic carbocycles. The second-order valence-electron chi connectivity index (χ2n) is 13.0. The SMILES string of the molecule is CC(C)(C)O.CC(C)(C)O.CC(C)(C)O.CC(C)(C)O.CC(C)(C)O.CC(C)(C)O.[W]. The summed E-state index contributed by atoms with van der Waals surface area (Å²) in [6.07, 6.45) is 0. The van der Waals surface area contributed by atoms with E-state index < -0.39 is 33.6 Å². The van der Waals surface area contributed by atoms with Crippen LogP contribution in [0.5, 0.6) is 0 Å². The van der Waals surface area contributed by atoms with Gasteiger partial charge in [-0.05, 0) is 125 Å². The van der Waals surface area contributed by atoms with E-state index in [-0.39, 0.29) is 21.1 Å². The molecule has 0 unspecified atom stereocenters. The molecule has 7 heteroatoms. The van der Waals surface area contributed by atoms with Gasteiger partial charge in [0.1, 0.15) is 0 Å². The zero-order valence-corrected chi connectivity index (χ0v) is 27.0. The van der Waals surface area contributed by atoms with Crippen LogP contribution in [-0.2, 0) is 21.1 Å². The molecule has 0 saturated heterocycles. The molecule has 0 rings (SSSR count). The van der Waals surface area contributed by atoms with Gasteiger partial charge in [-0.2, -0.15) is 0 Å². The van der Waals surface area contributed by atoms with Crippen LogP contribution < -0.4 is 0 Å². The van der Waals surface area contributed by atoms with Crippen molar-refractivity contribution in [2.75, 3.05) is 0 Å². The average molecular weight is 629 g/mol. The van der Waals surface area contributed by atoms with E-state index in [4.69, 9.17) is 30.6 Å². The van der Waals surface area contributed by atoms with E-state index >= 15 is 0 Å². The van der Waals surface area contributed by atoms with Crippen molar-refractivity contribution in [3.8, 4) is 0 Å². The van der Waals surface area contributed by atoms with Crippen LogP contribution in [-0.4, -0.2) is 64.2 Å². The molecule has 0 atom stereocenters. The number of hydrogen-bond donors (Lipinski definition) is 6. The first kappa shape index (κ1) is 48.8. The van der Waals surface area contributed by atoms with Gasteiger partial charge in [-0.25, -0.2) is 0 Å². The summed E-state index contributed by atoms with van der Waals surface area (Å²) in [5.74, 6) is 0. The fourth-order valence-corrected chi connectivity index (χ4v) is 0. The zero-order valence-electron chi connectivity index (χ0n) is 24.1.